The van der Waals surface area contributed by atoms with Gasteiger partial charge in [-0.1, -0.05) is 0 Å². The van der Waals surface area contributed by atoms with E-state index in [9.17, 15) is 0 Å². The van der Waals surface area contributed by atoms with Crippen LogP contribution < -0.4 is 19.9 Å². The highest BCUT2D eigenvalue weighted by molar-refractivity contribution is 8.93. The summed E-state index contributed by atoms with van der Waals surface area (Å²) >= 11 is 0. The highest BCUT2D eigenvalue weighted by atomic mass is 79.9. The Kier molecular flexibility index (Phi) is 6.12. The van der Waals surface area contributed by atoms with Gasteiger partial charge >= 0.3 is 0 Å². The summed E-state index contributed by atoms with van der Waals surface area (Å²) in [6.07, 6.45) is 0. The third-order valence-corrected chi connectivity index (χ3v) is 1.96. The maximum Gasteiger partial charge on any atom is 0.203 e. The summed E-state index contributed by atoms with van der Waals surface area (Å²) in [6.45, 7) is 0.441. The Balaban J connectivity index is 0.00000196. The third kappa shape index (κ3) is 3.00. The van der Waals surface area contributed by atoms with Gasteiger partial charge in [0.1, 0.15) is 0 Å². The quantitative estimate of drug-likeness (QED) is 0.911. The van der Waals surface area contributed by atoms with Crippen LogP contribution >= 0.6 is 17.0 Å². The van der Waals surface area contributed by atoms with Gasteiger partial charge < -0.3 is 19.9 Å². The van der Waals surface area contributed by atoms with Gasteiger partial charge in [0.05, 0.1) is 21.3 Å². The van der Waals surface area contributed by atoms with Crippen LogP contribution in [0.25, 0.3) is 0 Å². The second-order valence-corrected chi connectivity index (χ2v) is 2.74. The number of halogens is 1. The Bertz CT molecular complexity index is 293. The molecule has 15 heavy (non-hydrogen) atoms. The summed E-state index contributed by atoms with van der Waals surface area (Å²) < 4.78 is 15.5. The zero-order chi connectivity index (χ0) is 10.6. The summed E-state index contributed by atoms with van der Waals surface area (Å²) in [5, 5.41) is 0. The van der Waals surface area contributed by atoms with Crippen molar-refractivity contribution in [3.63, 3.8) is 0 Å². The molecule has 0 aliphatic rings. The normalized spacial score (nSPS) is 9.07. The molecule has 2 N–H and O–H groups in total. The molecule has 5 heteroatoms. The summed E-state index contributed by atoms with van der Waals surface area (Å²) in [5.41, 5.74) is 6.48. The Morgan fingerprint density at radius 1 is 1.00 bits per heavy atom. The number of hydrogen-bond donors (Lipinski definition) is 1. The van der Waals surface area contributed by atoms with Crippen LogP contribution in [0.4, 0.5) is 0 Å². The van der Waals surface area contributed by atoms with E-state index in [0.717, 1.165) is 5.56 Å². The first kappa shape index (κ1) is 14.1. The van der Waals surface area contributed by atoms with E-state index in [0.29, 0.717) is 23.8 Å². The number of rotatable bonds is 4. The summed E-state index contributed by atoms with van der Waals surface area (Å²) in [4.78, 5) is 0. The smallest absolute Gasteiger partial charge is 0.203 e. The van der Waals surface area contributed by atoms with E-state index >= 15 is 0 Å². The fourth-order valence-electron chi connectivity index (χ4n) is 1.25. The number of hydrogen-bond acceptors (Lipinski definition) is 4. The van der Waals surface area contributed by atoms with Gasteiger partial charge in [0.25, 0.3) is 0 Å². The molecule has 0 amide bonds. The molecule has 0 heterocycles. The van der Waals surface area contributed by atoms with Gasteiger partial charge in [-0.15, -0.1) is 17.0 Å². The predicted molar refractivity (Wildman–Crippen MR) is 64.3 cm³/mol. The van der Waals surface area contributed by atoms with Crippen LogP contribution in [0.2, 0.25) is 0 Å². The Morgan fingerprint density at radius 3 is 1.73 bits per heavy atom. The number of benzene rings is 1. The van der Waals surface area contributed by atoms with E-state index < -0.39 is 0 Å². The highest BCUT2D eigenvalue weighted by Gasteiger charge is 2.11. The second kappa shape index (κ2) is 6.53. The molecule has 1 aromatic carbocycles. The van der Waals surface area contributed by atoms with Crippen LogP contribution in [0.1, 0.15) is 5.56 Å². The molecule has 0 atom stereocenters. The van der Waals surface area contributed by atoms with Crippen LogP contribution in [0.15, 0.2) is 12.1 Å². The molecular weight excluding hydrogens is 262 g/mol. The first-order valence-corrected chi connectivity index (χ1v) is 4.25. The Labute approximate surface area is 100 Å². The van der Waals surface area contributed by atoms with Gasteiger partial charge in [-0.2, -0.15) is 0 Å². The van der Waals surface area contributed by atoms with Crippen LogP contribution in [0, 0.1) is 0 Å². The molecule has 0 saturated heterocycles. The minimum absolute atomic E-state index is 0. The van der Waals surface area contributed by atoms with Crippen molar-refractivity contribution in [2.24, 2.45) is 5.73 Å². The molecular formula is C10H16BrNO3. The molecule has 1 rings (SSSR count). The number of nitrogens with two attached hydrogens (primary N) is 1. The fraction of sp³-hybridized carbons (Fsp3) is 0.400. The predicted octanol–water partition coefficient (Wildman–Crippen LogP) is 1.75. The Morgan fingerprint density at radius 2 is 1.47 bits per heavy atom. The topological polar surface area (TPSA) is 53.7 Å². The summed E-state index contributed by atoms with van der Waals surface area (Å²) in [6, 6.07) is 3.67. The zero-order valence-electron chi connectivity index (χ0n) is 9.07. The molecule has 0 fully saturated rings. The first-order valence-electron chi connectivity index (χ1n) is 4.25. The SMILES string of the molecule is Br.COc1cc(CN)cc(OC)c1OC. The van der Waals surface area contributed by atoms with Crippen LogP contribution in [0.5, 0.6) is 17.2 Å². The molecule has 0 saturated carbocycles. The second-order valence-electron chi connectivity index (χ2n) is 2.74. The van der Waals surface area contributed by atoms with Crippen molar-refractivity contribution in [1.82, 2.24) is 0 Å². The molecule has 0 radical (unpaired) electrons. The average Bonchev–Trinajstić information content (AvgIpc) is 2.26. The molecule has 0 unspecified atom stereocenters. The maximum atomic E-state index is 5.54. The van der Waals surface area contributed by atoms with E-state index in [1.807, 2.05) is 12.1 Å². The number of ether oxygens (including phenoxy) is 3. The molecule has 86 valence electrons. The minimum atomic E-state index is 0. The monoisotopic (exact) mass is 277 g/mol. The lowest BCUT2D eigenvalue weighted by Crippen LogP contribution is -2.00. The molecule has 0 aromatic heterocycles. The molecule has 0 aliphatic heterocycles. The summed E-state index contributed by atoms with van der Waals surface area (Å²) in [7, 11) is 4.73. The lowest BCUT2D eigenvalue weighted by molar-refractivity contribution is 0.324. The summed E-state index contributed by atoms with van der Waals surface area (Å²) in [5.74, 6) is 1.85. The van der Waals surface area contributed by atoms with Gasteiger partial charge in [0.15, 0.2) is 11.5 Å². The van der Waals surface area contributed by atoms with E-state index in [-0.39, 0.29) is 17.0 Å². The molecule has 4 nitrogen and oxygen atoms in total. The van der Waals surface area contributed by atoms with Gasteiger partial charge in [-0.05, 0) is 17.7 Å². The van der Waals surface area contributed by atoms with E-state index in [1.165, 1.54) is 0 Å². The van der Waals surface area contributed by atoms with Gasteiger partial charge in [-0.25, -0.2) is 0 Å². The van der Waals surface area contributed by atoms with Crippen molar-refractivity contribution in [2.45, 2.75) is 6.54 Å². The van der Waals surface area contributed by atoms with Crippen molar-refractivity contribution in [3.05, 3.63) is 17.7 Å². The lowest BCUT2D eigenvalue weighted by atomic mass is 10.2. The molecule has 0 bridgehead atoms. The average molecular weight is 278 g/mol. The maximum absolute atomic E-state index is 5.54. The molecule has 0 spiro atoms. The zero-order valence-corrected chi connectivity index (χ0v) is 10.8. The van der Waals surface area contributed by atoms with Crippen molar-refractivity contribution < 1.29 is 14.2 Å². The molecule has 1 aromatic rings. The van der Waals surface area contributed by atoms with Gasteiger partial charge in [0, 0.05) is 6.54 Å². The van der Waals surface area contributed by atoms with Crippen molar-refractivity contribution >= 4 is 17.0 Å². The minimum Gasteiger partial charge on any atom is -0.493 e. The fourth-order valence-corrected chi connectivity index (χ4v) is 1.25. The standard InChI is InChI=1S/C10H15NO3.BrH/c1-12-8-4-7(6-11)5-9(13-2)10(8)14-3;/h4-5H,6,11H2,1-3H3;1H. The first-order chi connectivity index (χ1) is 6.76. The van der Waals surface area contributed by atoms with Crippen molar-refractivity contribution in [2.75, 3.05) is 21.3 Å². The van der Waals surface area contributed by atoms with Crippen LogP contribution in [-0.2, 0) is 6.54 Å². The van der Waals surface area contributed by atoms with E-state index in [2.05, 4.69) is 0 Å². The third-order valence-electron chi connectivity index (χ3n) is 1.96. The Hall–Kier alpha value is -0.940. The van der Waals surface area contributed by atoms with Crippen LogP contribution in [-0.4, -0.2) is 21.3 Å². The lowest BCUT2D eigenvalue weighted by Gasteiger charge is -2.13. The van der Waals surface area contributed by atoms with Gasteiger partial charge in [0.2, 0.25) is 5.75 Å². The van der Waals surface area contributed by atoms with Crippen molar-refractivity contribution in [3.8, 4) is 17.2 Å². The number of methoxy groups -OCH3 is 3. The van der Waals surface area contributed by atoms with Crippen LogP contribution in [0.3, 0.4) is 0 Å². The van der Waals surface area contributed by atoms with E-state index in [1.54, 1.807) is 21.3 Å². The van der Waals surface area contributed by atoms with Gasteiger partial charge in [-0.3, -0.25) is 0 Å². The van der Waals surface area contributed by atoms with Crippen molar-refractivity contribution in [1.29, 1.82) is 0 Å². The highest BCUT2D eigenvalue weighted by Crippen LogP contribution is 2.37. The largest absolute Gasteiger partial charge is 0.493 e. The molecule has 0 aliphatic carbocycles. The van der Waals surface area contributed by atoms with E-state index in [4.69, 9.17) is 19.9 Å².